The van der Waals surface area contributed by atoms with Gasteiger partial charge < -0.3 is 28.5 Å². The van der Waals surface area contributed by atoms with E-state index in [9.17, 15) is 4.79 Å². The molecule has 0 amide bonds. The summed E-state index contributed by atoms with van der Waals surface area (Å²) in [5, 5.41) is 3.89. The fourth-order valence-electron chi connectivity index (χ4n) is 2.79. The lowest BCUT2D eigenvalue weighted by Gasteiger charge is -2.19. The maximum absolute atomic E-state index is 12.0. The summed E-state index contributed by atoms with van der Waals surface area (Å²) in [5.41, 5.74) is 0.898. The summed E-state index contributed by atoms with van der Waals surface area (Å²) in [6.07, 6.45) is -0.525. The third-order valence-corrected chi connectivity index (χ3v) is 3.96. The second kappa shape index (κ2) is 6.46. The van der Waals surface area contributed by atoms with Gasteiger partial charge in [0, 0.05) is 5.56 Å². The maximum atomic E-state index is 12.0. The van der Waals surface area contributed by atoms with Crippen LogP contribution in [-0.4, -0.2) is 39.3 Å². The van der Waals surface area contributed by atoms with Crippen LogP contribution in [0.15, 0.2) is 11.2 Å². The quantitative estimate of drug-likeness (QED) is 0.760. The van der Waals surface area contributed by atoms with Gasteiger partial charge in [-0.3, -0.25) is 0 Å². The smallest absolute Gasteiger partial charge is 0.356 e. The van der Waals surface area contributed by atoms with Crippen molar-refractivity contribution >= 4 is 11.7 Å². The van der Waals surface area contributed by atoms with Crippen LogP contribution in [0.5, 0.6) is 23.0 Å². The Bertz CT molecular complexity index is 685. The van der Waals surface area contributed by atoms with E-state index in [-0.39, 0.29) is 25.0 Å². The zero-order chi connectivity index (χ0) is 17.3. The largest absolute Gasteiger partial charge is 0.493 e. The molecule has 0 N–H and O–H groups in total. The number of ether oxygens (including phenoxy) is 5. The zero-order valence-electron chi connectivity index (χ0n) is 14.0. The van der Waals surface area contributed by atoms with Gasteiger partial charge in [0.15, 0.2) is 23.3 Å². The Balaban J connectivity index is 1.97. The fourth-order valence-corrected chi connectivity index (χ4v) is 2.79. The molecule has 8 heteroatoms. The average Bonchev–Trinajstić information content (AvgIpc) is 3.20. The van der Waals surface area contributed by atoms with Crippen molar-refractivity contribution in [2.75, 3.05) is 27.6 Å². The molecule has 0 aliphatic carbocycles. The molecular weight excluding hydrogens is 318 g/mol. The van der Waals surface area contributed by atoms with Crippen LogP contribution in [0.4, 0.5) is 0 Å². The van der Waals surface area contributed by atoms with Gasteiger partial charge in [0.25, 0.3) is 0 Å². The monoisotopic (exact) mass is 337 g/mol. The van der Waals surface area contributed by atoms with Gasteiger partial charge in [0.05, 0.1) is 26.7 Å². The van der Waals surface area contributed by atoms with E-state index in [1.54, 1.807) is 13.0 Å². The molecule has 0 aromatic heterocycles. The Hall–Kier alpha value is -2.64. The number of carbonyl (C=O) groups is 1. The predicted octanol–water partition coefficient (Wildman–Crippen LogP) is 2.06. The van der Waals surface area contributed by atoms with Gasteiger partial charge >= 0.3 is 5.97 Å². The van der Waals surface area contributed by atoms with Gasteiger partial charge in [-0.15, -0.1) is 0 Å². The van der Waals surface area contributed by atoms with Crippen LogP contribution in [-0.2, 0) is 14.4 Å². The molecule has 0 fully saturated rings. The first-order valence-electron chi connectivity index (χ1n) is 7.57. The second-order valence-corrected chi connectivity index (χ2v) is 5.28. The van der Waals surface area contributed by atoms with Gasteiger partial charge in [-0.2, -0.15) is 0 Å². The minimum Gasteiger partial charge on any atom is -0.493 e. The summed E-state index contributed by atoms with van der Waals surface area (Å²) in [7, 11) is 3.06. The number of rotatable bonds is 5. The van der Waals surface area contributed by atoms with Crippen molar-refractivity contribution in [1.29, 1.82) is 0 Å². The maximum Gasteiger partial charge on any atom is 0.356 e. The van der Waals surface area contributed by atoms with Gasteiger partial charge in [-0.05, 0) is 13.0 Å². The Morgan fingerprint density at radius 2 is 2.04 bits per heavy atom. The molecule has 2 heterocycles. The van der Waals surface area contributed by atoms with Crippen molar-refractivity contribution in [2.45, 2.75) is 20.0 Å². The third kappa shape index (κ3) is 2.47. The molecule has 8 nitrogen and oxygen atoms in total. The molecule has 1 aromatic rings. The molecule has 0 saturated heterocycles. The van der Waals surface area contributed by atoms with Crippen molar-refractivity contribution in [3.8, 4) is 23.0 Å². The number of nitrogens with zero attached hydrogens (tertiary/aromatic N) is 1. The highest BCUT2D eigenvalue weighted by Crippen LogP contribution is 2.53. The Morgan fingerprint density at radius 3 is 2.71 bits per heavy atom. The second-order valence-electron chi connectivity index (χ2n) is 5.28. The van der Waals surface area contributed by atoms with Crippen LogP contribution in [0.2, 0.25) is 0 Å². The van der Waals surface area contributed by atoms with E-state index in [1.807, 2.05) is 6.92 Å². The number of hydrogen-bond donors (Lipinski definition) is 0. The van der Waals surface area contributed by atoms with E-state index in [2.05, 4.69) is 5.16 Å². The molecule has 2 atom stereocenters. The molecule has 0 unspecified atom stereocenters. The summed E-state index contributed by atoms with van der Waals surface area (Å²) in [6.45, 7) is 3.93. The van der Waals surface area contributed by atoms with Crippen LogP contribution in [0.1, 0.15) is 25.5 Å². The van der Waals surface area contributed by atoms with Crippen molar-refractivity contribution in [3.63, 3.8) is 0 Å². The van der Waals surface area contributed by atoms with E-state index in [4.69, 9.17) is 28.5 Å². The summed E-state index contributed by atoms with van der Waals surface area (Å²) < 4.78 is 26.8. The third-order valence-electron chi connectivity index (χ3n) is 3.96. The van der Waals surface area contributed by atoms with Crippen LogP contribution in [0.3, 0.4) is 0 Å². The summed E-state index contributed by atoms with van der Waals surface area (Å²) in [6, 6.07) is 1.75. The first-order chi connectivity index (χ1) is 11.6. The average molecular weight is 337 g/mol. The number of methoxy groups -OCH3 is 2. The highest BCUT2D eigenvalue weighted by Gasteiger charge is 2.40. The number of carbonyl (C=O) groups excluding carboxylic acids is 1. The van der Waals surface area contributed by atoms with Gasteiger partial charge in [0.1, 0.15) is 0 Å². The normalized spacial score (nSPS) is 21.1. The number of oxime groups is 1. The molecular formula is C16H19NO7. The fraction of sp³-hybridized carbons (Fsp3) is 0.500. The number of hydrogen-bond acceptors (Lipinski definition) is 8. The molecule has 2 aliphatic heterocycles. The van der Waals surface area contributed by atoms with E-state index in [1.165, 1.54) is 14.2 Å². The highest BCUT2D eigenvalue weighted by atomic mass is 16.7. The van der Waals surface area contributed by atoms with E-state index < -0.39 is 12.1 Å². The molecule has 0 saturated carbocycles. The summed E-state index contributed by atoms with van der Waals surface area (Å²) >= 11 is 0. The topological polar surface area (TPSA) is 84.8 Å². The minimum absolute atomic E-state index is 0.0805. The van der Waals surface area contributed by atoms with Crippen molar-refractivity contribution in [2.24, 2.45) is 11.1 Å². The molecule has 1 aromatic carbocycles. The van der Waals surface area contributed by atoms with E-state index >= 15 is 0 Å². The van der Waals surface area contributed by atoms with Crippen LogP contribution in [0, 0.1) is 5.92 Å². The van der Waals surface area contributed by atoms with Crippen LogP contribution < -0.4 is 18.9 Å². The predicted molar refractivity (Wildman–Crippen MR) is 82.7 cm³/mol. The summed E-state index contributed by atoms with van der Waals surface area (Å²) in [5.74, 6) is 1.10. The molecule has 0 radical (unpaired) electrons. The number of benzene rings is 1. The SMILES string of the molecule is CCOC(=O)C1=NO[C@H](c2cc(OC)c3c(c2OC)OCO3)[C@H]1C. The van der Waals surface area contributed by atoms with E-state index in [0.29, 0.717) is 28.6 Å². The standard InChI is InChI=1S/C16H19NO7/c1-5-21-16(18)11-8(2)12(24-17-11)9-6-10(19-3)14-15(13(9)20-4)23-7-22-14/h6,8,12H,5,7H2,1-4H3/t8-,12-/m0/s1. The minimum atomic E-state index is -0.525. The Morgan fingerprint density at radius 1 is 1.29 bits per heavy atom. The molecule has 0 spiro atoms. The first kappa shape index (κ1) is 16.2. The molecule has 2 aliphatic rings. The van der Waals surface area contributed by atoms with Crippen LogP contribution in [0.25, 0.3) is 0 Å². The molecule has 24 heavy (non-hydrogen) atoms. The Labute approximate surface area is 139 Å². The lowest BCUT2D eigenvalue weighted by atomic mass is 9.92. The van der Waals surface area contributed by atoms with Crippen molar-refractivity contribution < 1.29 is 33.3 Å². The van der Waals surface area contributed by atoms with Gasteiger partial charge in [-0.25, -0.2) is 4.79 Å². The van der Waals surface area contributed by atoms with E-state index in [0.717, 1.165) is 0 Å². The number of esters is 1. The lowest BCUT2D eigenvalue weighted by Crippen LogP contribution is -2.24. The van der Waals surface area contributed by atoms with Crippen LogP contribution >= 0.6 is 0 Å². The zero-order valence-corrected chi connectivity index (χ0v) is 14.0. The number of fused-ring (bicyclic) bond motifs is 1. The first-order valence-corrected chi connectivity index (χ1v) is 7.57. The van der Waals surface area contributed by atoms with Crippen molar-refractivity contribution in [1.82, 2.24) is 0 Å². The lowest BCUT2D eigenvalue weighted by molar-refractivity contribution is -0.135. The molecule has 130 valence electrons. The van der Waals surface area contributed by atoms with Gasteiger partial charge in [-0.1, -0.05) is 12.1 Å². The molecule has 3 rings (SSSR count). The van der Waals surface area contributed by atoms with Gasteiger partial charge in [0.2, 0.25) is 18.3 Å². The summed E-state index contributed by atoms with van der Waals surface area (Å²) in [4.78, 5) is 17.5. The highest BCUT2D eigenvalue weighted by molar-refractivity contribution is 6.37. The molecule has 0 bridgehead atoms. The Kier molecular flexibility index (Phi) is 4.37. The van der Waals surface area contributed by atoms with Crippen molar-refractivity contribution in [3.05, 3.63) is 11.6 Å².